The first-order valence-electron chi connectivity index (χ1n) is 8.71. The summed E-state index contributed by atoms with van der Waals surface area (Å²) in [4.78, 5) is 16.0. The van der Waals surface area contributed by atoms with Gasteiger partial charge in [-0.2, -0.15) is 0 Å². The summed E-state index contributed by atoms with van der Waals surface area (Å²) in [6.07, 6.45) is 2.92. The lowest BCUT2D eigenvalue weighted by atomic mass is 10.1. The van der Waals surface area contributed by atoms with E-state index in [1.165, 1.54) is 0 Å². The van der Waals surface area contributed by atoms with Crippen LogP contribution in [0.15, 0.2) is 42.5 Å². The second-order valence-corrected chi connectivity index (χ2v) is 7.07. The van der Waals surface area contributed by atoms with E-state index in [1.54, 1.807) is 23.5 Å². The molecule has 4 rings (SSSR count). The molecule has 0 radical (unpaired) electrons. The second kappa shape index (κ2) is 7.74. The molecule has 0 saturated heterocycles. The third-order valence-electron chi connectivity index (χ3n) is 4.17. The third-order valence-corrected chi connectivity index (χ3v) is 5.12. The maximum absolute atomic E-state index is 11.5. The first kappa shape index (κ1) is 16.8. The van der Waals surface area contributed by atoms with Crippen LogP contribution in [-0.4, -0.2) is 30.6 Å². The van der Waals surface area contributed by atoms with Gasteiger partial charge in [0.1, 0.15) is 11.5 Å². The zero-order valence-electron chi connectivity index (χ0n) is 14.3. The number of aromatic nitrogens is 1. The normalized spacial score (nSPS) is 12.8. The summed E-state index contributed by atoms with van der Waals surface area (Å²) < 4.78 is 17.9. The number of para-hydroxylation sites is 1. The van der Waals surface area contributed by atoms with Crippen LogP contribution in [0.3, 0.4) is 0 Å². The number of thiazole rings is 1. The lowest BCUT2D eigenvalue weighted by Gasteiger charge is -2.07. The summed E-state index contributed by atoms with van der Waals surface area (Å²) >= 11 is 1.58. The Balaban J connectivity index is 1.14. The minimum Gasteiger partial charge on any atom is -0.493 e. The molecule has 1 aliphatic rings. The van der Waals surface area contributed by atoms with Crippen molar-refractivity contribution >= 4 is 27.3 Å². The van der Waals surface area contributed by atoms with Crippen LogP contribution in [0.1, 0.15) is 29.6 Å². The van der Waals surface area contributed by atoms with Crippen molar-refractivity contribution in [1.82, 2.24) is 4.98 Å². The van der Waals surface area contributed by atoms with Crippen molar-refractivity contribution in [1.29, 1.82) is 0 Å². The van der Waals surface area contributed by atoms with E-state index in [1.807, 2.05) is 24.3 Å². The summed E-state index contributed by atoms with van der Waals surface area (Å²) in [5.41, 5.74) is 1.63. The lowest BCUT2D eigenvalue weighted by molar-refractivity contribution is 0.0961. The zero-order valence-corrected chi connectivity index (χ0v) is 15.1. The van der Waals surface area contributed by atoms with Gasteiger partial charge in [0.15, 0.2) is 6.61 Å². The highest BCUT2D eigenvalue weighted by Crippen LogP contribution is 2.30. The number of nitrogens with zero attached hydrogens (tertiary/aromatic N) is 1. The Bertz CT molecular complexity index is 888. The van der Waals surface area contributed by atoms with Gasteiger partial charge in [0.05, 0.1) is 29.0 Å². The van der Waals surface area contributed by atoms with Crippen LogP contribution in [0.2, 0.25) is 0 Å². The SMILES string of the molecule is O=C1COc2cc(OCCCCCOc3nc4ccccc4s3)ccc21. The van der Waals surface area contributed by atoms with E-state index in [2.05, 4.69) is 11.1 Å². The van der Waals surface area contributed by atoms with Gasteiger partial charge in [0.2, 0.25) is 5.78 Å². The van der Waals surface area contributed by atoms with Crippen LogP contribution < -0.4 is 14.2 Å². The van der Waals surface area contributed by atoms with Crippen LogP contribution in [0.5, 0.6) is 16.7 Å². The number of carbonyl (C=O) groups excluding carboxylic acids is 1. The van der Waals surface area contributed by atoms with Crippen LogP contribution in [0.4, 0.5) is 0 Å². The largest absolute Gasteiger partial charge is 0.493 e. The third kappa shape index (κ3) is 3.80. The molecule has 134 valence electrons. The van der Waals surface area contributed by atoms with Crippen molar-refractivity contribution in [2.45, 2.75) is 19.3 Å². The molecule has 0 N–H and O–H groups in total. The van der Waals surface area contributed by atoms with Crippen LogP contribution >= 0.6 is 11.3 Å². The topological polar surface area (TPSA) is 57.7 Å². The van der Waals surface area contributed by atoms with Crippen molar-refractivity contribution in [2.75, 3.05) is 19.8 Å². The Morgan fingerprint density at radius 1 is 1.04 bits per heavy atom. The van der Waals surface area contributed by atoms with Crippen LogP contribution in [0, 0.1) is 0 Å². The molecular weight excluding hydrogens is 350 g/mol. The molecule has 0 aliphatic carbocycles. The van der Waals surface area contributed by atoms with Gasteiger partial charge in [0.25, 0.3) is 5.19 Å². The number of hydrogen-bond acceptors (Lipinski definition) is 6. The summed E-state index contributed by atoms with van der Waals surface area (Å²) in [5, 5.41) is 0.732. The van der Waals surface area contributed by atoms with Gasteiger partial charge in [-0.25, -0.2) is 4.98 Å². The zero-order chi connectivity index (χ0) is 17.8. The molecule has 0 saturated carbocycles. The molecule has 2 aromatic carbocycles. The van der Waals surface area contributed by atoms with Gasteiger partial charge in [-0.15, -0.1) is 0 Å². The second-order valence-electron chi connectivity index (χ2n) is 6.07. The van der Waals surface area contributed by atoms with Crippen LogP contribution in [0.25, 0.3) is 10.2 Å². The van der Waals surface area contributed by atoms with E-state index in [0.717, 1.165) is 40.4 Å². The van der Waals surface area contributed by atoms with Gasteiger partial charge >= 0.3 is 0 Å². The molecule has 3 aromatic rings. The molecule has 26 heavy (non-hydrogen) atoms. The van der Waals surface area contributed by atoms with Crippen molar-refractivity contribution in [3.8, 4) is 16.7 Å². The number of fused-ring (bicyclic) bond motifs is 2. The van der Waals surface area contributed by atoms with E-state index >= 15 is 0 Å². The summed E-state index contributed by atoms with van der Waals surface area (Å²) in [7, 11) is 0. The predicted molar refractivity (Wildman–Crippen MR) is 101 cm³/mol. The van der Waals surface area contributed by atoms with Gasteiger partial charge in [-0.05, 0) is 43.5 Å². The Morgan fingerprint density at radius 2 is 1.88 bits per heavy atom. The number of ether oxygens (including phenoxy) is 3. The molecule has 6 heteroatoms. The number of hydrogen-bond donors (Lipinski definition) is 0. The highest BCUT2D eigenvalue weighted by atomic mass is 32.1. The number of rotatable bonds is 8. The summed E-state index contributed by atoms with van der Waals surface area (Å²) in [5.74, 6) is 1.39. The van der Waals surface area contributed by atoms with Crippen molar-refractivity contribution in [3.63, 3.8) is 0 Å². The maximum Gasteiger partial charge on any atom is 0.274 e. The smallest absolute Gasteiger partial charge is 0.274 e. The number of ketones is 1. The minimum absolute atomic E-state index is 0.0275. The number of unbranched alkanes of at least 4 members (excludes halogenated alkanes) is 2. The summed E-state index contributed by atoms with van der Waals surface area (Å²) in [6.45, 7) is 1.43. The first-order valence-corrected chi connectivity index (χ1v) is 9.52. The molecule has 0 unspecified atom stereocenters. The number of benzene rings is 2. The fourth-order valence-corrected chi connectivity index (χ4v) is 3.65. The van der Waals surface area contributed by atoms with E-state index in [4.69, 9.17) is 14.2 Å². The molecular formula is C20H19NO4S. The van der Waals surface area contributed by atoms with E-state index < -0.39 is 0 Å². The quantitative estimate of drug-likeness (QED) is 0.547. The van der Waals surface area contributed by atoms with Gasteiger partial charge in [-0.3, -0.25) is 4.79 Å². The summed E-state index contributed by atoms with van der Waals surface area (Å²) in [6, 6.07) is 13.4. The first-order chi connectivity index (χ1) is 12.8. The highest BCUT2D eigenvalue weighted by molar-refractivity contribution is 7.20. The Hall–Kier alpha value is -2.60. The molecule has 1 aliphatic heterocycles. The van der Waals surface area contributed by atoms with Crippen LogP contribution in [-0.2, 0) is 0 Å². The molecule has 0 fully saturated rings. The van der Waals surface area contributed by atoms with E-state index in [0.29, 0.717) is 24.5 Å². The molecule has 0 atom stereocenters. The van der Waals surface area contributed by atoms with Gasteiger partial charge < -0.3 is 14.2 Å². The standard InChI is InChI=1S/C20H19NO4S/c22-17-13-25-18-12-14(8-9-15(17)18)23-10-4-1-5-11-24-20-21-16-6-2-3-7-19(16)26-20/h2-3,6-9,12H,1,4-5,10-11,13H2. The van der Waals surface area contributed by atoms with Crippen molar-refractivity contribution < 1.29 is 19.0 Å². The molecule has 0 bridgehead atoms. The minimum atomic E-state index is 0.0275. The molecule has 2 heterocycles. The fourth-order valence-electron chi connectivity index (χ4n) is 2.81. The highest BCUT2D eigenvalue weighted by Gasteiger charge is 2.21. The number of Topliss-reactive ketones (excluding diaryl/α,β-unsaturated/α-hetero) is 1. The lowest BCUT2D eigenvalue weighted by Crippen LogP contribution is -2.01. The van der Waals surface area contributed by atoms with Gasteiger partial charge in [-0.1, -0.05) is 23.5 Å². The molecule has 0 amide bonds. The van der Waals surface area contributed by atoms with Crippen molar-refractivity contribution in [2.24, 2.45) is 0 Å². The molecule has 1 aromatic heterocycles. The average molecular weight is 369 g/mol. The Labute approximate surface area is 155 Å². The Morgan fingerprint density at radius 3 is 2.77 bits per heavy atom. The molecule has 0 spiro atoms. The predicted octanol–water partition coefficient (Wildman–Crippen LogP) is 4.50. The number of carbonyl (C=O) groups is 1. The fraction of sp³-hybridized carbons (Fsp3) is 0.300. The maximum atomic E-state index is 11.5. The molecule has 5 nitrogen and oxygen atoms in total. The van der Waals surface area contributed by atoms with Gasteiger partial charge in [0, 0.05) is 6.07 Å². The van der Waals surface area contributed by atoms with E-state index in [9.17, 15) is 4.79 Å². The van der Waals surface area contributed by atoms with E-state index in [-0.39, 0.29) is 12.4 Å². The average Bonchev–Trinajstić information content (AvgIpc) is 3.24. The van der Waals surface area contributed by atoms with Crippen molar-refractivity contribution in [3.05, 3.63) is 48.0 Å². The Kier molecular flexibility index (Phi) is 5.02. The monoisotopic (exact) mass is 369 g/mol.